The summed E-state index contributed by atoms with van der Waals surface area (Å²) in [6.07, 6.45) is 0.868. The van der Waals surface area contributed by atoms with E-state index in [9.17, 15) is 9.36 Å². The molecule has 1 rings (SSSR count). The number of hydrogen-bond donors (Lipinski definition) is 2. The Morgan fingerprint density at radius 2 is 2.06 bits per heavy atom. The van der Waals surface area contributed by atoms with Crippen molar-refractivity contribution >= 4 is 23.9 Å². The van der Waals surface area contributed by atoms with E-state index in [0.717, 1.165) is 17.8 Å². The molecule has 1 aromatic rings. The van der Waals surface area contributed by atoms with Crippen molar-refractivity contribution in [3.63, 3.8) is 0 Å². The highest BCUT2D eigenvalue weighted by molar-refractivity contribution is 8.56. The van der Waals surface area contributed by atoms with Crippen molar-refractivity contribution in [1.82, 2.24) is 5.09 Å². The van der Waals surface area contributed by atoms with Crippen molar-refractivity contribution in [3.8, 4) is 0 Å². The summed E-state index contributed by atoms with van der Waals surface area (Å²) in [5, 5.41) is 2.36. The van der Waals surface area contributed by atoms with Gasteiger partial charge in [-0.05, 0) is 18.6 Å². The molecule has 16 heavy (non-hydrogen) atoms. The molecule has 4 nitrogen and oxygen atoms in total. The Balaban J connectivity index is 2.61. The van der Waals surface area contributed by atoms with Crippen LogP contribution in [-0.4, -0.2) is 11.7 Å². The van der Waals surface area contributed by atoms with Crippen LogP contribution in [0, 0.1) is 0 Å². The van der Waals surface area contributed by atoms with Gasteiger partial charge in [-0.3, -0.25) is 20.0 Å². The monoisotopic (exact) mass is 258 g/mol. The van der Waals surface area contributed by atoms with E-state index in [1.165, 1.54) is 0 Å². The van der Waals surface area contributed by atoms with Gasteiger partial charge in [0, 0.05) is 11.3 Å². The lowest BCUT2D eigenvalue weighted by molar-refractivity contribution is 0.0981. The molecule has 1 aromatic carbocycles. The highest BCUT2D eigenvalue weighted by Crippen LogP contribution is 2.47. The standard InChI is InChI=1S/C10H15N2O2PS/c1-2-8-16-15(11,14)12-10(13)9-6-4-3-5-7-9/h3-7H,2,8H2,1H3,(H3,11,12,13,14). The van der Waals surface area contributed by atoms with E-state index in [2.05, 4.69) is 5.09 Å². The van der Waals surface area contributed by atoms with Crippen molar-refractivity contribution in [2.24, 2.45) is 5.50 Å². The summed E-state index contributed by atoms with van der Waals surface area (Å²) in [7, 11) is 0. The van der Waals surface area contributed by atoms with Gasteiger partial charge in [0.1, 0.15) is 0 Å². The first-order valence-electron chi connectivity index (χ1n) is 4.96. The van der Waals surface area contributed by atoms with Crippen molar-refractivity contribution in [2.75, 3.05) is 5.75 Å². The SMILES string of the molecule is CCCSP(N)(=O)NC(=O)c1ccccc1. The minimum absolute atomic E-state index is 0.393. The maximum absolute atomic E-state index is 11.8. The summed E-state index contributed by atoms with van der Waals surface area (Å²) < 4.78 is 11.8. The zero-order chi connectivity index (χ0) is 12.0. The molecular formula is C10H15N2O2PS. The molecule has 0 radical (unpaired) electrons. The van der Waals surface area contributed by atoms with Crippen LogP contribution < -0.4 is 10.6 Å². The lowest BCUT2D eigenvalue weighted by Crippen LogP contribution is -2.22. The molecule has 6 heteroatoms. The normalized spacial score (nSPS) is 14.1. The Bertz CT molecular complexity index is 397. The summed E-state index contributed by atoms with van der Waals surface area (Å²) in [5.74, 6) is 0.276. The first kappa shape index (κ1) is 13.3. The van der Waals surface area contributed by atoms with Gasteiger partial charge < -0.3 is 0 Å². The minimum atomic E-state index is -3.11. The second-order valence-corrected chi connectivity index (χ2v) is 7.72. The molecule has 1 atom stereocenters. The number of carbonyl (C=O) groups excluding carboxylic acids is 1. The number of nitrogens with one attached hydrogen (secondary N) is 1. The molecule has 0 bridgehead atoms. The highest BCUT2D eigenvalue weighted by atomic mass is 32.7. The quantitative estimate of drug-likeness (QED) is 0.796. The second-order valence-electron chi connectivity index (χ2n) is 3.24. The van der Waals surface area contributed by atoms with Crippen molar-refractivity contribution in [1.29, 1.82) is 0 Å². The zero-order valence-electron chi connectivity index (χ0n) is 9.05. The van der Waals surface area contributed by atoms with Gasteiger partial charge >= 0.3 is 0 Å². The molecule has 1 unspecified atom stereocenters. The molecule has 0 aromatic heterocycles. The number of rotatable bonds is 5. The Labute approximate surface area is 99.2 Å². The van der Waals surface area contributed by atoms with Crippen LogP contribution in [0.1, 0.15) is 23.7 Å². The van der Waals surface area contributed by atoms with Gasteiger partial charge in [0.05, 0.1) is 0 Å². The van der Waals surface area contributed by atoms with E-state index in [1.807, 2.05) is 13.0 Å². The Morgan fingerprint density at radius 1 is 1.44 bits per heavy atom. The van der Waals surface area contributed by atoms with Crippen LogP contribution in [0.4, 0.5) is 0 Å². The molecule has 0 saturated heterocycles. The molecule has 3 N–H and O–H groups in total. The molecular weight excluding hydrogens is 243 g/mol. The third-order valence-electron chi connectivity index (χ3n) is 1.78. The van der Waals surface area contributed by atoms with Gasteiger partial charge in [0.2, 0.25) is 0 Å². The van der Waals surface area contributed by atoms with E-state index in [0.29, 0.717) is 11.3 Å². The Hall–Kier alpha value is -0.770. The topological polar surface area (TPSA) is 72.2 Å². The van der Waals surface area contributed by atoms with Crippen LogP contribution in [-0.2, 0) is 4.57 Å². The van der Waals surface area contributed by atoms with Crippen molar-refractivity contribution in [2.45, 2.75) is 13.3 Å². The first-order chi connectivity index (χ1) is 7.55. The molecule has 0 spiro atoms. The molecule has 0 fully saturated rings. The smallest absolute Gasteiger partial charge is 0.283 e. The van der Waals surface area contributed by atoms with Gasteiger partial charge in [-0.1, -0.05) is 36.5 Å². The average molecular weight is 258 g/mol. The first-order valence-corrected chi connectivity index (χ1v) is 8.32. The van der Waals surface area contributed by atoms with Gasteiger partial charge in [0.15, 0.2) is 0 Å². The number of amides is 1. The summed E-state index contributed by atoms with van der Waals surface area (Å²) in [5.41, 5.74) is 5.99. The average Bonchev–Trinajstić information content (AvgIpc) is 2.27. The predicted molar refractivity (Wildman–Crippen MR) is 68.5 cm³/mol. The Morgan fingerprint density at radius 3 is 2.62 bits per heavy atom. The highest BCUT2D eigenvalue weighted by Gasteiger charge is 2.19. The number of hydrogen-bond acceptors (Lipinski definition) is 3. The van der Waals surface area contributed by atoms with E-state index in [1.54, 1.807) is 24.3 Å². The molecule has 88 valence electrons. The van der Waals surface area contributed by atoms with E-state index >= 15 is 0 Å². The van der Waals surface area contributed by atoms with Crippen LogP contribution >= 0.6 is 18.0 Å². The van der Waals surface area contributed by atoms with Crippen LogP contribution in [0.2, 0.25) is 0 Å². The maximum Gasteiger partial charge on any atom is 0.289 e. The number of carbonyl (C=O) groups is 1. The largest absolute Gasteiger partial charge is 0.289 e. The van der Waals surface area contributed by atoms with Crippen molar-refractivity contribution < 1.29 is 9.36 Å². The zero-order valence-corrected chi connectivity index (χ0v) is 10.8. The van der Waals surface area contributed by atoms with E-state index < -0.39 is 12.6 Å². The predicted octanol–water partition coefficient (Wildman–Crippen LogP) is 2.63. The number of nitrogens with two attached hydrogens (primary N) is 1. The summed E-state index contributed by atoms with van der Waals surface area (Å²) in [6.45, 7) is -1.15. The lowest BCUT2D eigenvalue weighted by atomic mass is 10.2. The third-order valence-corrected chi connectivity index (χ3v) is 5.24. The fourth-order valence-corrected chi connectivity index (χ4v) is 3.79. The van der Waals surface area contributed by atoms with Gasteiger partial charge in [-0.2, -0.15) is 0 Å². The Kier molecular flexibility index (Phi) is 5.06. The number of benzene rings is 1. The molecule has 1 amide bonds. The van der Waals surface area contributed by atoms with E-state index in [-0.39, 0.29) is 0 Å². The molecule has 0 aliphatic rings. The minimum Gasteiger partial charge on any atom is -0.283 e. The third kappa shape index (κ3) is 4.39. The van der Waals surface area contributed by atoms with Gasteiger partial charge in [0.25, 0.3) is 12.6 Å². The molecule has 0 saturated carbocycles. The summed E-state index contributed by atoms with van der Waals surface area (Å²) >= 11 is 1.10. The lowest BCUT2D eigenvalue weighted by Gasteiger charge is -2.13. The van der Waals surface area contributed by atoms with Gasteiger partial charge in [-0.15, -0.1) is 0 Å². The molecule has 0 aliphatic carbocycles. The fraction of sp³-hybridized carbons (Fsp3) is 0.300. The maximum atomic E-state index is 11.8. The molecule has 0 aliphatic heterocycles. The van der Waals surface area contributed by atoms with Crippen LogP contribution in [0.3, 0.4) is 0 Å². The van der Waals surface area contributed by atoms with Crippen LogP contribution in [0.15, 0.2) is 30.3 Å². The van der Waals surface area contributed by atoms with Crippen LogP contribution in [0.25, 0.3) is 0 Å². The van der Waals surface area contributed by atoms with Gasteiger partial charge in [-0.25, -0.2) is 0 Å². The van der Waals surface area contributed by atoms with Crippen molar-refractivity contribution in [3.05, 3.63) is 35.9 Å². The molecule has 0 heterocycles. The van der Waals surface area contributed by atoms with Crippen LogP contribution in [0.5, 0.6) is 0 Å². The van der Waals surface area contributed by atoms with E-state index in [4.69, 9.17) is 5.50 Å². The second kappa shape index (κ2) is 6.09. The fourth-order valence-electron chi connectivity index (χ4n) is 1.05. The summed E-state index contributed by atoms with van der Waals surface area (Å²) in [4.78, 5) is 11.6. The summed E-state index contributed by atoms with van der Waals surface area (Å²) in [6, 6.07) is 8.61.